The Balaban J connectivity index is 2.18. The Morgan fingerprint density at radius 3 is 2.62 bits per heavy atom. The number of anilines is 2. The monoisotopic (exact) mass is 224 g/mol. The zero-order valence-electron chi connectivity index (χ0n) is 10.1. The van der Waals surface area contributed by atoms with Gasteiger partial charge in [0.25, 0.3) is 0 Å². The highest BCUT2D eigenvalue weighted by Crippen LogP contribution is 2.30. The Kier molecular flexibility index (Phi) is 2.80. The molecule has 0 saturated heterocycles. The summed E-state index contributed by atoms with van der Waals surface area (Å²) in [6, 6.07) is 0.606. The number of nitrogens with zero attached hydrogens (tertiary/aromatic N) is 2. The number of nitrogens with two attached hydrogens (primary N) is 1. The van der Waals surface area contributed by atoms with E-state index in [1.807, 2.05) is 11.6 Å². The van der Waals surface area contributed by atoms with Gasteiger partial charge in [0.2, 0.25) is 0 Å². The molecule has 0 aromatic carbocycles. The van der Waals surface area contributed by atoms with Gasteiger partial charge in [0, 0.05) is 12.1 Å². The fourth-order valence-electron chi connectivity index (χ4n) is 1.98. The topological polar surface area (TPSA) is 76.1 Å². The van der Waals surface area contributed by atoms with Gasteiger partial charge in [-0.2, -0.15) is 5.10 Å². The fourth-order valence-corrected chi connectivity index (χ4v) is 1.98. The van der Waals surface area contributed by atoms with Crippen molar-refractivity contribution in [2.24, 2.45) is 0 Å². The average molecular weight is 224 g/mol. The predicted molar refractivity (Wildman–Crippen MR) is 64.4 cm³/mol. The number of nitrogen functional groups attached to an aromatic ring is 1. The van der Waals surface area contributed by atoms with E-state index in [1.165, 1.54) is 0 Å². The van der Waals surface area contributed by atoms with Gasteiger partial charge in [-0.15, -0.1) is 0 Å². The second-order valence-corrected chi connectivity index (χ2v) is 4.85. The van der Waals surface area contributed by atoms with Gasteiger partial charge in [-0.05, 0) is 33.6 Å². The van der Waals surface area contributed by atoms with Crippen molar-refractivity contribution in [3.05, 3.63) is 5.69 Å². The summed E-state index contributed by atoms with van der Waals surface area (Å²) in [5, 5.41) is 17.0. The van der Waals surface area contributed by atoms with Crippen LogP contribution in [-0.2, 0) is 0 Å². The summed E-state index contributed by atoms with van der Waals surface area (Å²) in [6.45, 7) is 6.06. The van der Waals surface area contributed by atoms with Gasteiger partial charge in [0.15, 0.2) is 0 Å². The summed E-state index contributed by atoms with van der Waals surface area (Å²) in [5.41, 5.74) is 7.57. The fraction of sp³-hybridized carbons (Fsp3) is 0.727. The molecule has 0 radical (unpaired) electrons. The first-order chi connectivity index (χ1) is 7.49. The van der Waals surface area contributed by atoms with E-state index in [-0.39, 0.29) is 12.1 Å². The molecule has 0 atom stereocenters. The van der Waals surface area contributed by atoms with Gasteiger partial charge in [0.1, 0.15) is 5.82 Å². The molecule has 0 aliphatic heterocycles. The summed E-state index contributed by atoms with van der Waals surface area (Å²) in [7, 11) is 0. The van der Waals surface area contributed by atoms with Gasteiger partial charge in [-0.3, -0.25) is 0 Å². The van der Waals surface area contributed by atoms with Crippen LogP contribution in [0.5, 0.6) is 0 Å². The van der Waals surface area contributed by atoms with Gasteiger partial charge < -0.3 is 16.2 Å². The molecule has 0 spiro atoms. The lowest BCUT2D eigenvalue weighted by atomic mass is 9.89. The number of rotatable bonds is 3. The molecule has 1 aliphatic rings. The largest absolute Gasteiger partial charge is 0.394 e. The molecule has 1 fully saturated rings. The number of hydrogen-bond acceptors (Lipinski definition) is 4. The molecule has 5 heteroatoms. The van der Waals surface area contributed by atoms with Crippen LogP contribution < -0.4 is 11.1 Å². The van der Waals surface area contributed by atoms with Crippen molar-refractivity contribution in [3.63, 3.8) is 0 Å². The van der Waals surface area contributed by atoms with Crippen LogP contribution in [0.3, 0.4) is 0 Å². The third-order valence-electron chi connectivity index (χ3n) is 3.07. The van der Waals surface area contributed by atoms with Crippen molar-refractivity contribution in [2.45, 2.75) is 51.8 Å². The minimum absolute atomic E-state index is 0.157. The zero-order valence-corrected chi connectivity index (χ0v) is 10.1. The quantitative estimate of drug-likeness (QED) is 0.723. The number of aliphatic hydroxyl groups excluding tert-OH is 1. The highest BCUT2D eigenvalue weighted by Gasteiger charge is 2.29. The second kappa shape index (κ2) is 3.97. The van der Waals surface area contributed by atoms with E-state index in [9.17, 15) is 5.11 Å². The maximum Gasteiger partial charge on any atom is 0.148 e. The van der Waals surface area contributed by atoms with Crippen LogP contribution in [0, 0.1) is 6.92 Å². The van der Waals surface area contributed by atoms with E-state index in [0.29, 0.717) is 6.04 Å². The summed E-state index contributed by atoms with van der Waals surface area (Å²) in [5.74, 6) is 0.893. The van der Waals surface area contributed by atoms with Crippen LogP contribution in [0.1, 0.15) is 38.4 Å². The number of aryl methyl sites for hydroxylation is 1. The van der Waals surface area contributed by atoms with Crippen LogP contribution in [0.2, 0.25) is 0 Å². The SMILES string of the molecule is Cc1nn(C(C)C)c(NC2CC(O)C2)c1N. The van der Waals surface area contributed by atoms with Crippen molar-refractivity contribution in [1.29, 1.82) is 0 Å². The third-order valence-corrected chi connectivity index (χ3v) is 3.07. The molecule has 0 amide bonds. The van der Waals surface area contributed by atoms with Crippen molar-refractivity contribution in [2.75, 3.05) is 11.1 Å². The van der Waals surface area contributed by atoms with E-state index < -0.39 is 0 Å². The molecule has 1 aromatic heterocycles. The Labute approximate surface area is 95.6 Å². The lowest BCUT2D eigenvalue weighted by Crippen LogP contribution is -2.39. The number of aromatic nitrogens is 2. The van der Waals surface area contributed by atoms with E-state index in [1.54, 1.807) is 0 Å². The first-order valence-corrected chi connectivity index (χ1v) is 5.78. The second-order valence-electron chi connectivity index (χ2n) is 4.85. The first kappa shape index (κ1) is 11.3. The lowest BCUT2D eigenvalue weighted by Gasteiger charge is -2.33. The highest BCUT2D eigenvalue weighted by molar-refractivity contribution is 5.65. The zero-order chi connectivity index (χ0) is 11.9. The van der Waals surface area contributed by atoms with Gasteiger partial charge in [-0.25, -0.2) is 4.68 Å². The molecule has 16 heavy (non-hydrogen) atoms. The molecule has 1 aliphatic carbocycles. The minimum Gasteiger partial charge on any atom is -0.394 e. The molecular weight excluding hydrogens is 204 g/mol. The average Bonchev–Trinajstić information content (AvgIpc) is 2.43. The highest BCUT2D eigenvalue weighted by atomic mass is 16.3. The molecule has 2 rings (SSSR count). The Bertz CT molecular complexity index is 380. The number of nitrogens with one attached hydrogen (secondary N) is 1. The van der Waals surface area contributed by atoms with Crippen molar-refractivity contribution in [1.82, 2.24) is 9.78 Å². The molecule has 5 nitrogen and oxygen atoms in total. The van der Waals surface area contributed by atoms with E-state index in [4.69, 9.17) is 5.73 Å². The summed E-state index contributed by atoms with van der Waals surface area (Å²) >= 11 is 0. The van der Waals surface area contributed by atoms with E-state index in [0.717, 1.165) is 30.0 Å². The van der Waals surface area contributed by atoms with Crippen LogP contribution in [-0.4, -0.2) is 27.0 Å². The van der Waals surface area contributed by atoms with Crippen LogP contribution in [0.4, 0.5) is 11.5 Å². The molecule has 1 heterocycles. The normalized spacial score (nSPS) is 24.6. The Morgan fingerprint density at radius 2 is 2.12 bits per heavy atom. The van der Waals surface area contributed by atoms with E-state index in [2.05, 4.69) is 24.3 Å². The molecular formula is C11H20N4O. The van der Waals surface area contributed by atoms with Crippen molar-refractivity contribution in [3.8, 4) is 0 Å². The first-order valence-electron chi connectivity index (χ1n) is 5.78. The Hall–Kier alpha value is -1.23. The number of aliphatic hydroxyl groups is 1. The molecule has 4 N–H and O–H groups in total. The van der Waals surface area contributed by atoms with Gasteiger partial charge in [0.05, 0.1) is 17.5 Å². The van der Waals surface area contributed by atoms with Crippen LogP contribution in [0.25, 0.3) is 0 Å². The standard InChI is InChI=1S/C11H20N4O/c1-6(2)15-11(10(12)7(3)14-15)13-8-4-9(16)5-8/h6,8-9,13,16H,4-5,12H2,1-3H3. The third kappa shape index (κ3) is 1.87. The summed E-state index contributed by atoms with van der Waals surface area (Å²) in [4.78, 5) is 0. The van der Waals surface area contributed by atoms with Gasteiger partial charge in [-0.1, -0.05) is 0 Å². The minimum atomic E-state index is -0.157. The smallest absolute Gasteiger partial charge is 0.148 e. The van der Waals surface area contributed by atoms with Crippen molar-refractivity contribution >= 4 is 11.5 Å². The predicted octanol–water partition coefficient (Wildman–Crippen LogP) is 1.29. The molecule has 0 unspecified atom stereocenters. The summed E-state index contributed by atoms with van der Waals surface area (Å²) in [6.07, 6.45) is 1.43. The van der Waals surface area contributed by atoms with E-state index >= 15 is 0 Å². The molecule has 90 valence electrons. The van der Waals surface area contributed by atoms with Crippen LogP contribution in [0.15, 0.2) is 0 Å². The molecule has 0 bridgehead atoms. The lowest BCUT2D eigenvalue weighted by molar-refractivity contribution is 0.0833. The maximum absolute atomic E-state index is 9.26. The number of hydrogen-bond donors (Lipinski definition) is 3. The van der Waals surface area contributed by atoms with Gasteiger partial charge >= 0.3 is 0 Å². The van der Waals surface area contributed by atoms with Crippen LogP contribution >= 0.6 is 0 Å². The Morgan fingerprint density at radius 1 is 1.50 bits per heavy atom. The summed E-state index contributed by atoms with van der Waals surface area (Å²) < 4.78 is 1.91. The maximum atomic E-state index is 9.26. The molecule has 1 saturated carbocycles. The molecule has 1 aromatic rings. The van der Waals surface area contributed by atoms with Crippen molar-refractivity contribution < 1.29 is 5.11 Å².